The lowest BCUT2D eigenvalue weighted by molar-refractivity contribution is 0.118. The Morgan fingerprint density at radius 2 is 2.27 bits per heavy atom. The number of pyridine rings is 1. The molecule has 0 saturated heterocycles. The molecule has 1 aromatic heterocycles. The number of nitrogens with zero attached hydrogens (tertiary/aromatic N) is 1. The van der Waals surface area contributed by atoms with Crippen molar-refractivity contribution in [3.63, 3.8) is 0 Å². The SMILES string of the molecule is CC(C)COCCNc1cccc(Cl)n1. The summed E-state index contributed by atoms with van der Waals surface area (Å²) in [5.41, 5.74) is 0. The van der Waals surface area contributed by atoms with Crippen molar-refractivity contribution in [3.8, 4) is 0 Å². The molecule has 0 amide bonds. The van der Waals surface area contributed by atoms with Crippen LogP contribution in [0.1, 0.15) is 13.8 Å². The van der Waals surface area contributed by atoms with Crippen LogP contribution in [0.3, 0.4) is 0 Å². The first-order valence-electron chi connectivity index (χ1n) is 5.12. The summed E-state index contributed by atoms with van der Waals surface area (Å²) in [6, 6.07) is 5.50. The molecule has 0 spiro atoms. The van der Waals surface area contributed by atoms with Crippen LogP contribution in [-0.2, 0) is 4.74 Å². The van der Waals surface area contributed by atoms with Crippen LogP contribution in [0.25, 0.3) is 0 Å². The highest BCUT2D eigenvalue weighted by molar-refractivity contribution is 6.29. The second kappa shape index (κ2) is 6.64. The highest BCUT2D eigenvalue weighted by atomic mass is 35.5. The van der Waals surface area contributed by atoms with Crippen LogP contribution in [0.2, 0.25) is 5.15 Å². The van der Waals surface area contributed by atoms with Gasteiger partial charge >= 0.3 is 0 Å². The van der Waals surface area contributed by atoms with Crippen molar-refractivity contribution >= 4 is 17.4 Å². The Bertz CT molecular complexity index is 292. The van der Waals surface area contributed by atoms with E-state index < -0.39 is 0 Å². The van der Waals surface area contributed by atoms with Gasteiger partial charge < -0.3 is 10.1 Å². The van der Waals surface area contributed by atoms with E-state index in [0.717, 1.165) is 19.0 Å². The molecule has 1 heterocycles. The zero-order valence-electron chi connectivity index (χ0n) is 9.16. The van der Waals surface area contributed by atoms with E-state index in [1.807, 2.05) is 12.1 Å². The van der Waals surface area contributed by atoms with Crippen LogP contribution in [0.15, 0.2) is 18.2 Å². The van der Waals surface area contributed by atoms with Gasteiger partial charge in [0.1, 0.15) is 11.0 Å². The van der Waals surface area contributed by atoms with Gasteiger partial charge in [-0.15, -0.1) is 0 Å². The number of anilines is 1. The van der Waals surface area contributed by atoms with Crippen LogP contribution in [0.5, 0.6) is 0 Å². The summed E-state index contributed by atoms with van der Waals surface area (Å²) in [6.07, 6.45) is 0. The summed E-state index contributed by atoms with van der Waals surface area (Å²) in [4.78, 5) is 4.10. The van der Waals surface area contributed by atoms with E-state index in [1.165, 1.54) is 0 Å². The smallest absolute Gasteiger partial charge is 0.131 e. The van der Waals surface area contributed by atoms with Crippen LogP contribution < -0.4 is 5.32 Å². The maximum Gasteiger partial charge on any atom is 0.131 e. The molecule has 0 saturated carbocycles. The van der Waals surface area contributed by atoms with Gasteiger partial charge in [0, 0.05) is 13.2 Å². The minimum Gasteiger partial charge on any atom is -0.379 e. The fourth-order valence-corrected chi connectivity index (χ4v) is 1.24. The van der Waals surface area contributed by atoms with Crippen LogP contribution in [-0.4, -0.2) is 24.7 Å². The molecule has 0 bridgehead atoms. The first-order valence-corrected chi connectivity index (χ1v) is 5.50. The summed E-state index contributed by atoms with van der Waals surface area (Å²) in [5.74, 6) is 1.37. The average Bonchev–Trinajstić information content (AvgIpc) is 2.17. The highest BCUT2D eigenvalue weighted by Gasteiger charge is 1.95. The number of hydrogen-bond acceptors (Lipinski definition) is 3. The van der Waals surface area contributed by atoms with E-state index in [1.54, 1.807) is 6.07 Å². The van der Waals surface area contributed by atoms with E-state index >= 15 is 0 Å². The predicted molar refractivity (Wildman–Crippen MR) is 63.4 cm³/mol. The molecule has 1 rings (SSSR count). The van der Waals surface area contributed by atoms with Crippen molar-refractivity contribution < 1.29 is 4.74 Å². The second-order valence-electron chi connectivity index (χ2n) is 3.74. The average molecular weight is 229 g/mol. The van der Waals surface area contributed by atoms with Crippen molar-refractivity contribution in [1.82, 2.24) is 4.98 Å². The van der Waals surface area contributed by atoms with Crippen molar-refractivity contribution in [2.45, 2.75) is 13.8 Å². The number of rotatable bonds is 6. The number of halogens is 1. The second-order valence-corrected chi connectivity index (χ2v) is 4.13. The molecular formula is C11H17ClN2O. The van der Waals surface area contributed by atoms with Crippen LogP contribution >= 0.6 is 11.6 Å². The summed E-state index contributed by atoms with van der Waals surface area (Å²) in [7, 11) is 0. The van der Waals surface area contributed by atoms with Gasteiger partial charge in [0.15, 0.2) is 0 Å². The maximum atomic E-state index is 5.74. The number of hydrogen-bond donors (Lipinski definition) is 1. The van der Waals surface area contributed by atoms with Gasteiger partial charge in [-0.3, -0.25) is 0 Å². The Morgan fingerprint density at radius 3 is 2.93 bits per heavy atom. The topological polar surface area (TPSA) is 34.1 Å². The molecule has 0 atom stereocenters. The van der Waals surface area contributed by atoms with Gasteiger partial charge in [0.25, 0.3) is 0 Å². The third-order valence-electron chi connectivity index (χ3n) is 1.72. The van der Waals surface area contributed by atoms with E-state index in [-0.39, 0.29) is 0 Å². The van der Waals surface area contributed by atoms with Crippen molar-refractivity contribution in [1.29, 1.82) is 0 Å². The maximum absolute atomic E-state index is 5.74. The molecule has 0 aliphatic rings. The highest BCUT2D eigenvalue weighted by Crippen LogP contribution is 2.08. The molecule has 0 aliphatic carbocycles. The van der Waals surface area contributed by atoms with Crippen molar-refractivity contribution in [2.24, 2.45) is 5.92 Å². The van der Waals surface area contributed by atoms with Gasteiger partial charge in [-0.2, -0.15) is 0 Å². The Labute approximate surface area is 95.8 Å². The molecule has 0 aliphatic heterocycles. The molecular weight excluding hydrogens is 212 g/mol. The molecule has 0 aromatic carbocycles. The molecule has 0 unspecified atom stereocenters. The van der Waals surface area contributed by atoms with E-state index in [4.69, 9.17) is 16.3 Å². The largest absolute Gasteiger partial charge is 0.379 e. The minimum absolute atomic E-state index is 0.503. The van der Waals surface area contributed by atoms with Crippen molar-refractivity contribution in [3.05, 3.63) is 23.4 Å². The molecule has 1 aromatic rings. The zero-order chi connectivity index (χ0) is 11.1. The van der Waals surface area contributed by atoms with E-state index in [2.05, 4.69) is 24.1 Å². The Hall–Kier alpha value is -0.800. The third kappa shape index (κ3) is 5.60. The van der Waals surface area contributed by atoms with Crippen LogP contribution in [0, 0.1) is 5.92 Å². The van der Waals surface area contributed by atoms with Crippen molar-refractivity contribution in [2.75, 3.05) is 25.1 Å². The third-order valence-corrected chi connectivity index (χ3v) is 1.93. The zero-order valence-corrected chi connectivity index (χ0v) is 9.92. The summed E-state index contributed by atoms with van der Waals surface area (Å²) >= 11 is 5.74. The molecule has 0 radical (unpaired) electrons. The number of ether oxygens (including phenoxy) is 1. The van der Waals surface area contributed by atoms with Gasteiger partial charge in [0.05, 0.1) is 6.61 Å². The predicted octanol–water partition coefficient (Wildman–Crippen LogP) is 2.82. The monoisotopic (exact) mass is 228 g/mol. The molecule has 4 heteroatoms. The standard InChI is InChI=1S/C11H17ClN2O/c1-9(2)8-15-7-6-13-11-5-3-4-10(12)14-11/h3-5,9H,6-8H2,1-2H3,(H,13,14). The lowest BCUT2D eigenvalue weighted by Gasteiger charge is -2.08. The lowest BCUT2D eigenvalue weighted by Crippen LogP contribution is -2.12. The van der Waals surface area contributed by atoms with Gasteiger partial charge in [-0.05, 0) is 18.1 Å². The lowest BCUT2D eigenvalue weighted by atomic mass is 10.2. The molecule has 15 heavy (non-hydrogen) atoms. The Morgan fingerprint density at radius 1 is 1.47 bits per heavy atom. The fraction of sp³-hybridized carbons (Fsp3) is 0.545. The van der Waals surface area contributed by atoms with Gasteiger partial charge in [-0.1, -0.05) is 31.5 Å². The Balaban J connectivity index is 2.15. The first-order chi connectivity index (χ1) is 7.18. The summed E-state index contributed by atoms with van der Waals surface area (Å²) in [5, 5.41) is 3.64. The Kier molecular flexibility index (Phi) is 5.43. The van der Waals surface area contributed by atoms with E-state index in [9.17, 15) is 0 Å². The van der Waals surface area contributed by atoms with Gasteiger partial charge in [0.2, 0.25) is 0 Å². The molecule has 84 valence electrons. The normalized spacial score (nSPS) is 10.7. The fourth-order valence-electron chi connectivity index (χ4n) is 1.08. The summed E-state index contributed by atoms with van der Waals surface area (Å²) in [6.45, 7) is 6.50. The molecule has 1 N–H and O–H groups in total. The number of nitrogens with one attached hydrogen (secondary N) is 1. The summed E-state index contributed by atoms with van der Waals surface area (Å²) < 4.78 is 5.42. The molecule has 0 fully saturated rings. The van der Waals surface area contributed by atoms with E-state index in [0.29, 0.717) is 17.7 Å². The van der Waals surface area contributed by atoms with Gasteiger partial charge in [-0.25, -0.2) is 4.98 Å². The van der Waals surface area contributed by atoms with Crippen LogP contribution in [0.4, 0.5) is 5.82 Å². The first kappa shape index (κ1) is 12.3. The minimum atomic E-state index is 0.503. The molecule has 3 nitrogen and oxygen atoms in total. The quantitative estimate of drug-likeness (QED) is 0.601. The number of aromatic nitrogens is 1.